The number of allylic oxidation sites excluding steroid dienone is 1. The van der Waals surface area contributed by atoms with Gasteiger partial charge in [-0.1, -0.05) is 45.0 Å². The Bertz CT molecular complexity index is 1170. The molecule has 0 aliphatic carbocycles. The van der Waals surface area contributed by atoms with Gasteiger partial charge in [0.25, 0.3) is 0 Å². The summed E-state index contributed by atoms with van der Waals surface area (Å²) in [6.45, 7) is 15.8. The molecule has 2 heterocycles. The molecule has 1 aliphatic heterocycles. The van der Waals surface area contributed by atoms with Crippen molar-refractivity contribution < 1.29 is 4.79 Å². The highest BCUT2D eigenvalue weighted by Gasteiger charge is 2.32. The van der Waals surface area contributed by atoms with E-state index in [-0.39, 0.29) is 17.1 Å². The van der Waals surface area contributed by atoms with Gasteiger partial charge in [0, 0.05) is 36.8 Å². The van der Waals surface area contributed by atoms with E-state index in [0.717, 1.165) is 23.4 Å². The Balaban J connectivity index is 1.78. The Labute approximate surface area is 208 Å². The van der Waals surface area contributed by atoms with Crippen molar-refractivity contribution in [2.45, 2.75) is 60.4 Å². The largest absolute Gasteiger partial charge is 0.354 e. The molecule has 0 spiro atoms. The number of aryl methyl sites for hydroxylation is 1. The van der Waals surface area contributed by atoms with Gasteiger partial charge in [-0.2, -0.15) is 10.2 Å². The zero-order chi connectivity index (χ0) is 25.8. The summed E-state index contributed by atoms with van der Waals surface area (Å²) in [5.41, 5.74) is 5.90. The molecule has 0 saturated carbocycles. The van der Waals surface area contributed by atoms with Crippen molar-refractivity contribution in [2.75, 3.05) is 18.2 Å². The van der Waals surface area contributed by atoms with Crippen LogP contribution in [-0.2, 0) is 16.8 Å². The summed E-state index contributed by atoms with van der Waals surface area (Å²) in [6, 6.07) is 11.9. The number of hydrogen-bond acceptors (Lipinski definition) is 7. The van der Waals surface area contributed by atoms with Crippen LogP contribution in [0.5, 0.6) is 0 Å². The third kappa shape index (κ3) is 6.89. The third-order valence-corrected chi connectivity index (χ3v) is 5.74. The van der Waals surface area contributed by atoms with Gasteiger partial charge in [-0.25, -0.2) is 4.98 Å². The molecule has 0 fully saturated rings. The summed E-state index contributed by atoms with van der Waals surface area (Å²) in [4.78, 5) is 28.6. The number of nitrogens with one attached hydrogen (secondary N) is 1. The minimum absolute atomic E-state index is 0.0763. The number of rotatable bonds is 7. The second kappa shape index (κ2) is 10.3. The molecule has 0 atom stereocenters. The molecule has 35 heavy (non-hydrogen) atoms. The van der Waals surface area contributed by atoms with Gasteiger partial charge in [-0.15, -0.1) is 0 Å². The topological polar surface area (TPSA) is 97.5 Å². The fourth-order valence-electron chi connectivity index (χ4n) is 3.67. The number of aromatic nitrogens is 2. The number of aliphatic imine (C=N–C) groups is 1. The smallest absolute Gasteiger partial charge is 0.248 e. The van der Waals surface area contributed by atoms with Gasteiger partial charge in [-0.3, -0.25) is 20.2 Å². The quantitative estimate of drug-likeness (QED) is 0.603. The minimum atomic E-state index is -0.790. The van der Waals surface area contributed by atoms with Gasteiger partial charge in [0.1, 0.15) is 12.7 Å². The number of hydrogen-bond donors (Lipinski definition) is 1. The molecule has 2 aromatic rings. The van der Waals surface area contributed by atoms with Crippen molar-refractivity contribution in [1.29, 1.82) is 5.26 Å². The highest BCUT2D eigenvalue weighted by atomic mass is 16.2. The van der Waals surface area contributed by atoms with Crippen LogP contribution in [0.1, 0.15) is 64.2 Å². The minimum Gasteiger partial charge on any atom is -0.354 e. The first-order valence-corrected chi connectivity index (χ1v) is 11.7. The Morgan fingerprint density at radius 3 is 2.40 bits per heavy atom. The molecule has 8 nitrogen and oxygen atoms in total. The summed E-state index contributed by atoms with van der Waals surface area (Å²) in [6.07, 6.45) is 4.07. The number of hydrazine groups is 1. The number of carbonyl (C=O) groups excluding carboxylic acids is 1. The van der Waals surface area contributed by atoms with Gasteiger partial charge < -0.3 is 4.90 Å². The molecule has 8 heteroatoms. The highest BCUT2D eigenvalue weighted by molar-refractivity contribution is 5.93. The number of nitriles is 1. The van der Waals surface area contributed by atoms with E-state index in [1.807, 2.05) is 52.0 Å². The average Bonchev–Trinajstić information content (AvgIpc) is 2.79. The van der Waals surface area contributed by atoms with Gasteiger partial charge >= 0.3 is 0 Å². The van der Waals surface area contributed by atoms with Crippen LogP contribution >= 0.6 is 0 Å². The molecule has 184 valence electrons. The van der Waals surface area contributed by atoms with E-state index in [1.54, 1.807) is 11.1 Å². The van der Waals surface area contributed by atoms with Crippen molar-refractivity contribution in [2.24, 2.45) is 10.4 Å². The molecular weight excluding hydrogens is 438 g/mol. The first kappa shape index (κ1) is 25.9. The molecule has 0 radical (unpaired) electrons. The number of nitrogens with zero attached hydrogens (tertiary/aromatic N) is 6. The predicted octanol–water partition coefficient (Wildman–Crippen LogP) is 4.27. The standard InChI is InChI=1S/C27H35N7O/c1-19-12-13-33(18-29-19)16-21-8-10-22(11-9-21)27(6,7)25(35)32-34(17-26(3,4)5)24-14-20(2)30-23(15-28)31-24/h8-14H,16-18H2,1-7H3,(H,32,35). The Morgan fingerprint density at radius 2 is 1.83 bits per heavy atom. The summed E-state index contributed by atoms with van der Waals surface area (Å²) in [7, 11) is 0. The van der Waals surface area contributed by atoms with Gasteiger partial charge in [0.2, 0.25) is 11.7 Å². The Morgan fingerprint density at radius 1 is 1.14 bits per heavy atom. The van der Waals surface area contributed by atoms with Crippen molar-refractivity contribution in [3.05, 3.63) is 65.3 Å². The van der Waals surface area contributed by atoms with Crippen molar-refractivity contribution in [3.8, 4) is 6.07 Å². The molecule has 1 N–H and O–H groups in total. The predicted molar refractivity (Wildman–Crippen MR) is 139 cm³/mol. The lowest BCUT2D eigenvalue weighted by Crippen LogP contribution is -2.52. The van der Waals surface area contributed by atoms with Crippen molar-refractivity contribution >= 4 is 17.4 Å². The van der Waals surface area contributed by atoms with Crippen molar-refractivity contribution in [1.82, 2.24) is 20.3 Å². The van der Waals surface area contributed by atoms with Crippen LogP contribution in [0, 0.1) is 23.7 Å². The first-order chi connectivity index (χ1) is 16.4. The van der Waals surface area contributed by atoms with Crippen LogP contribution in [0.4, 0.5) is 5.82 Å². The molecule has 1 aromatic heterocycles. The summed E-state index contributed by atoms with van der Waals surface area (Å²) >= 11 is 0. The molecule has 3 rings (SSSR count). The van der Waals surface area contributed by atoms with E-state index in [0.29, 0.717) is 24.7 Å². The monoisotopic (exact) mass is 473 g/mol. The van der Waals surface area contributed by atoms with Crippen LogP contribution in [0.15, 0.2) is 47.6 Å². The fraction of sp³-hybridized carbons (Fsp3) is 0.444. The molecule has 1 aliphatic rings. The first-order valence-electron chi connectivity index (χ1n) is 11.7. The van der Waals surface area contributed by atoms with E-state index in [4.69, 9.17) is 0 Å². The maximum atomic E-state index is 13.5. The Hall–Kier alpha value is -3.73. The highest BCUT2D eigenvalue weighted by Crippen LogP contribution is 2.26. The maximum absolute atomic E-state index is 13.5. The van der Waals surface area contributed by atoms with Gasteiger partial charge in [-0.05, 0) is 50.3 Å². The number of benzene rings is 1. The van der Waals surface area contributed by atoms with Crippen LogP contribution in [-0.4, -0.2) is 39.7 Å². The lowest BCUT2D eigenvalue weighted by atomic mass is 9.83. The zero-order valence-electron chi connectivity index (χ0n) is 21.8. The normalized spacial score (nSPS) is 13.8. The Kier molecular flexibility index (Phi) is 7.59. The van der Waals surface area contributed by atoms with Crippen LogP contribution in [0.25, 0.3) is 0 Å². The third-order valence-electron chi connectivity index (χ3n) is 5.74. The number of amides is 1. The van der Waals surface area contributed by atoms with Crippen LogP contribution < -0.4 is 10.4 Å². The van der Waals surface area contributed by atoms with E-state index in [1.165, 1.54) is 0 Å². The summed E-state index contributed by atoms with van der Waals surface area (Å²) < 4.78 is 0. The lowest BCUT2D eigenvalue weighted by Gasteiger charge is -2.34. The van der Waals surface area contributed by atoms with Crippen LogP contribution in [0.3, 0.4) is 0 Å². The molecule has 0 unspecified atom stereocenters. The average molecular weight is 474 g/mol. The number of carbonyl (C=O) groups is 1. The van der Waals surface area contributed by atoms with E-state index in [2.05, 4.69) is 64.4 Å². The summed E-state index contributed by atoms with van der Waals surface area (Å²) in [5, 5.41) is 11.0. The van der Waals surface area contributed by atoms with E-state index < -0.39 is 5.41 Å². The molecule has 0 saturated heterocycles. The van der Waals surface area contributed by atoms with E-state index in [9.17, 15) is 10.1 Å². The van der Waals surface area contributed by atoms with Crippen molar-refractivity contribution in [3.63, 3.8) is 0 Å². The second-order valence-corrected chi connectivity index (χ2v) is 10.7. The summed E-state index contributed by atoms with van der Waals surface area (Å²) in [5.74, 6) is 0.413. The fourth-order valence-corrected chi connectivity index (χ4v) is 3.67. The molecule has 1 aromatic carbocycles. The van der Waals surface area contributed by atoms with Gasteiger partial charge in [0.05, 0.1) is 5.41 Å². The van der Waals surface area contributed by atoms with Gasteiger partial charge in [0.15, 0.2) is 5.82 Å². The van der Waals surface area contributed by atoms with Crippen LogP contribution in [0.2, 0.25) is 0 Å². The number of anilines is 1. The lowest BCUT2D eigenvalue weighted by molar-refractivity contribution is -0.125. The molecule has 0 bridgehead atoms. The molecule has 1 amide bonds. The SMILES string of the molecule is CC1=NCN(Cc2ccc(C(C)(C)C(=O)NN(CC(C)(C)C)c3cc(C)nc(C#N)n3)cc2)C=C1. The van der Waals surface area contributed by atoms with E-state index >= 15 is 0 Å². The maximum Gasteiger partial charge on any atom is 0.248 e. The zero-order valence-corrected chi connectivity index (χ0v) is 21.8. The second-order valence-electron chi connectivity index (χ2n) is 10.7. The molecular formula is C27H35N7O.